The maximum Gasteiger partial charge on any atom is 0.246 e. The van der Waals surface area contributed by atoms with Gasteiger partial charge in [0.1, 0.15) is 6.04 Å². The number of amides is 1. The number of halogens is 3. The molecule has 0 radical (unpaired) electrons. The minimum atomic E-state index is -1.62. The van der Waals surface area contributed by atoms with Crippen LogP contribution in [0.25, 0.3) is 10.2 Å². The van der Waals surface area contributed by atoms with Crippen molar-refractivity contribution in [3.8, 4) is 0 Å². The standard InChI is InChI=1S/C17H14F3N3OS/c1-8(17(24)23-13-6-4-11(18)15(19)16(13)20)21-10-3-5-12-14(7-10)25-9(2)22-12/h3-8,21H,1-2H3,(H,23,24). The van der Waals surface area contributed by atoms with Crippen LogP contribution in [0, 0.1) is 24.4 Å². The smallest absolute Gasteiger partial charge is 0.246 e. The van der Waals surface area contributed by atoms with Gasteiger partial charge in [0, 0.05) is 5.69 Å². The third-order valence-corrected chi connectivity index (χ3v) is 4.50. The van der Waals surface area contributed by atoms with Gasteiger partial charge in [-0.15, -0.1) is 11.3 Å². The molecule has 3 rings (SSSR count). The Morgan fingerprint density at radius 1 is 1.16 bits per heavy atom. The van der Waals surface area contributed by atoms with Crippen LogP contribution in [0.5, 0.6) is 0 Å². The van der Waals surface area contributed by atoms with E-state index in [1.165, 1.54) is 11.3 Å². The molecule has 0 fully saturated rings. The molecule has 0 aliphatic heterocycles. The summed E-state index contributed by atoms with van der Waals surface area (Å²) in [4.78, 5) is 16.5. The van der Waals surface area contributed by atoms with E-state index >= 15 is 0 Å². The van der Waals surface area contributed by atoms with Crippen molar-refractivity contribution in [1.29, 1.82) is 0 Å². The van der Waals surface area contributed by atoms with Crippen molar-refractivity contribution in [3.63, 3.8) is 0 Å². The first-order valence-corrected chi connectivity index (χ1v) is 8.25. The Morgan fingerprint density at radius 3 is 2.68 bits per heavy atom. The molecule has 0 saturated carbocycles. The number of benzene rings is 2. The SMILES string of the molecule is Cc1nc2ccc(NC(C)C(=O)Nc3ccc(F)c(F)c3F)cc2s1. The first-order valence-electron chi connectivity index (χ1n) is 7.43. The van der Waals surface area contributed by atoms with Crippen molar-refractivity contribution in [1.82, 2.24) is 4.98 Å². The predicted molar refractivity (Wildman–Crippen MR) is 92.4 cm³/mol. The monoisotopic (exact) mass is 365 g/mol. The maximum atomic E-state index is 13.6. The zero-order chi connectivity index (χ0) is 18.1. The molecular weight excluding hydrogens is 351 g/mol. The normalized spacial score (nSPS) is 12.2. The van der Waals surface area contributed by atoms with Crippen LogP contribution in [0.1, 0.15) is 11.9 Å². The molecule has 1 amide bonds. The van der Waals surface area contributed by atoms with Gasteiger partial charge in [-0.1, -0.05) is 0 Å². The molecule has 0 bridgehead atoms. The van der Waals surface area contributed by atoms with E-state index in [-0.39, 0.29) is 0 Å². The number of anilines is 2. The maximum absolute atomic E-state index is 13.6. The minimum absolute atomic E-state index is 0.411. The fourth-order valence-electron chi connectivity index (χ4n) is 2.31. The number of carbonyl (C=O) groups excluding carboxylic acids is 1. The summed E-state index contributed by atoms with van der Waals surface area (Å²) in [5, 5.41) is 6.17. The number of aryl methyl sites for hydroxylation is 1. The summed E-state index contributed by atoms with van der Waals surface area (Å²) in [6.45, 7) is 3.49. The molecule has 2 aromatic carbocycles. The topological polar surface area (TPSA) is 54.0 Å². The summed E-state index contributed by atoms with van der Waals surface area (Å²) in [6, 6.07) is 6.49. The molecule has 0 aliphatic carbocycles. The van der Waals surface area contributed by atoms with Gasteiger partial charge in [-0.25, -0.2) is 18.2 Å². The van der Waals surface area contributed by atoms with Crippen LogP contribution in [0.3, 0.4) is 0 Å². The largest absolute Gasteiger partial charge is 0.374 e. The van der Waals surface area contributed by atoms with Gasteiger partial charge in [0.2, 0.25) is 5.91 Å². The molecule has 3 aromatic rings. The van der Waals surface area contributed by atoms with Gasteiger partial charge in [-0.05, 0) is 44.2 Å². The molecule has 0 aliphatic rings. The highest BCUT2D eigenvalue weighted by Gasteiger charge is 2.18. The van der Waals surface area contributed by atoms with Crippen LogP contribution in [0.2, 0.25) is 0 Å². The number of hydrogen-bond acceptors (Lipinski definition) is 4. The summed E-state index contributed by atoms with van der Waals surface area (Å²) < 4.78 is 40.8. The molecule has 25 heavy (non-hydrogen) atoms. The molecule has 1 atom stereocenters. The summed E-state index contributed by atoms with van der Waals surface area (Å²) in [6.07, 6.45) is 0. The lowest BCUT2D eigenvalue weighted by molar-refractivity contribution is -0.116. The van der Waals surface area contributed by atoms with E-state index < -0.39 is 35.1 Å². The van der Waals surface area contributed by atoms with Crippen molar-refractivity contribution < 1.29 is 18.0 Å². The molecule has 1 heterocycles. The van der Waals surface area contributed by atoms with E-state index in [9.17, 15) is 18.0 Å². The van der Waals surface area contributed by atoms with Crippen LogP contribution in [-0.2, 0) is 4.79 Å². The van der Waals surface area contributed by atoms with Gasteiger partial charge in [0.15, 0.2) is 17.5 Å². The third-order valence-electron chi connectivity index (χ3n) is 3.56. The molecule has 0 saturated heterocycles. The lowest BCUT2D eigenvalue weighted by Crippen LogP contribution is -2.32. The average molecular weight is 365 g/mol. The van der Waals surface area contributed by atoms with Gasteiger partial charge in [0.05, 0.1) is 20.9 Å². The van der Waals surface area contributed by atoms with Crippen molar-refractivity contribution in [3.05, 3.63) is 52.8 Å². The van der Waals surface area contributed by atoms with E-state index in [0.29, 0.717) is 5.69 Å². The minimum Gasteiger partial charge on any atom is -0.374 e. The second-order valence-corrected chi connectivity index (χ2v) is 6.73. The number of thiazole rings is 1. The molecule has 2 N–H and O–H groups in total. The second kappa shape index (κ2) is 6.72. The Bertz CT molecular complexity index is 958. The highest BCUT2D eigenvalue weighted by atomic mass is 32.1. The van der Waals surface area contributed by atoms with Crippen LogP contribution in [0.4, 0.5) is 24.5 Å². The number of carbonyl (C=O) groups is 1. The van der Waals surface area contributed by atoms with Crippen LogP contribution in [-0.4, -0.2) is 16.9 Å². The Kier molecular flexibility index (Phi) is 4.63. The zero-order valence-corrected chi connectivity index (χ0v) is 14.2. The van der Waals surface area contributed by atoms with E-state index in [2.05, 4.69) is 15.6 Å². The molecule has 1 unspecified atom stereocenters. The summed E-state index contributed by atoms with van der Waals surface area (Å²) >= 11 is 1.53. The Labute approximate surface area is 145 Å². The Morgan fingerprint density at radius 2 is 1.92 bits per heavy atom. The van der Waals surface area contributed by atoms with Gasteiger partial charge in [0.25, 0.3) is 0 Å². The van der Waals surface area contributed by atoms with E-state index in [4.69, 9.17) is 0 Å². The number of hydrogen-bond donors (Lipinski definition) is 2. The highest BCUT2D eigenvalue weighted by molar-refractivity contribution is 7.18. The quantitative estimate of drug-likeness (QED) is 0.671. The van der Waals surface area contributed by atoms with Crippen molar-refractivity contribution >= 4 is 38.8 Å². The highest BCUT2D eigenvalue weighted by Crippen LogP contribution is 2.25. The van der Waals surface area contributed by atoms with Crippen LogP contribution in [0.15, 0.2) is 30.3 Å². The van der Waals surface area contributed by atoms with Crippen LogP contribution < -0.4 is 10.6 Å². The lowest BCUT2D eigenvalue weighted by atomic mass is 10.2. The average Bonchev–Trinajstić information content (AvgIpc) is 2.94. The zero-order valence-electron chi connectivity index (χ0n) is 13.4. The molecule has 130 valence electrons. The molecule has 0 spiro atoms. The lowest BCUT2D eigenvalue weighted by Gasteiger charge is -2.16. The van der Waals surface area contributed by atoms with Crippen LogP contribution >= 0.6 is 11.3 Å². The van der Waals surface area contributed by atoms with E-state index in [0.717, 1.165) is 27.4 Å². The fourth-order valence-corrected chi connectivity index (χ4v) is 3.17. The van der Waals surface area contributed by atoms with Gasteiger partial charge >= 0.3 is 0 Å². The number of aromatic nitrogens is 1. The number of nitrogens with zero attached hydrogens (tertiary/aromatic N) is 1. The molecular formula is C17H14F3N3OS. The third kappa shape index (κ3) is 3.58. The molecule has 8 heteroatoms. The number of fused-ring (bicyclic) bond motifs is 1. The van der Waals surface area contributed by atoms with Gasteiger partial charge < -0.3 is 10.6 Å². The molecule has 4 nitrogen and oxygen atoms in total. The first kappa shape index (κ1) is 17.2. The summed E-state index contributed by atoms with van der Waals surface area (Å²) in [5.41, 5.74) is 1.16. The second-order valence-electron chi connectivity index (χ2n) is 5.49. The number of nitrogens with one attached hydrogen (secondary N) is 2. The van der Waals surface area contributed by atoms with Crippen molar-refractivity contribution in [2.24, 2.45) is 0 Å². The first-order chi connectivity index (χ1) is 11.8. The Balaban J connectivity index is 1.72. The summed E-state index contributed by atoms with van der Waals surface area (Å²) in [7, 11) is 0. The molecule has 1 aromatic heterocycles. The van der Waals surface area contributed by atoms with Crippen molar-refractivity contribution in [2.45, 2.75) is 19.9 Å². The van der Waals surface area contributed by atoms with E-state index in [1.807, 2.05) is 19.1 Å². The fraction of sp³-hybridized carbons (Fsp3) is 0.176. The summed E-state index contributed by atoms with van der Waals surface area (Å²) in [5.74, 6) is -4.94. The van der Waals surface area contributed by atoms with E-state index in [1.54, 1.807) is 13.0 Å². The Hall–Kier alpha value is -2.61. The van der Waals surface area contributed by atoms with Gasteiger partial charge in [-0.2, -0.15) is 0 Å². The predicted octanol–water partition coefficient (Wildman–Crippen LogP) is 4.46. The number of rotatable bonds is 4. The van der Waals surface area contributed by atoms with Crippen molar-refractivity contribution in [2.75, 3.05) is 10.6 Å². The van der Waals surface area contributed by atoms with Gasteiger partial charge in [-0.3, -0.25) is 4.79 Å².